The molecule has 8 heteroatoms. The second-order valence-corrected chi connectivity index (χ2v) is 6.13. The van der Waals surface area contributed by atoms with Gasteiger partial charge < -0.3 is 5.32 Å². The fourth-order valence-corrected chi connectivity index (χ4v) is 2.80. The Morgan fingerprint density at radius 1 is 1.20 bits per heavy atom. The van der Waals surface area contributed by atoms with Gasteiger partial charge in [-0.2, -0.15) is 0 Å². The van der Waals surface area contributed by atoms with Gasteiger partial charge in [-0.05, 0) is 30.2 Å². The summed E-state index contributed by atoms with van der Waals surface area (Å²) in [4.78, 5) is 20.1. The van der Waals surface area contributed by atoms with E-state index in [0.717, 1.165) is 5.56 Å². The summed E-state index contributed by atoms with van der Waals surface area (Å²) in [6.07, 6.45) is 3.80. The van der Waals surface area contributed by atoms with Crippen molar-refractivity contribution < 1.29 is 9.18 Å². The topological polar surface area (TPSA) is 83.6 Å². The van der Waals surface area contributed by atoms with Crippen molar-refractivity contribution in [2.45, 2.75) is 11.6 Å². The molecule has 0 aliphatic heterocycles. The van der Waals surface area contributed by atoms with Gasteiger partial charge in [0.25, 0.3) is 0 Å². The van der Waals surface area contributed by atoms with Crippen LogP contribution in [0.4, 0.5) is 4.39 Å². The summed E-state index contributed by atoms with van der Waals surface area (Å²) in [5, 5.41) is 10.2. The fourth-order valence-electron chi connectivity index (χ4n) is 2.17. The lowest BCUT2D eigenvalue weighted by molar-refractivity contribution is -0.118. The number of pyridine rings is 1. The van der Waals surface area contributed by atoms with Crippen molar-refractivity contribution in [3.05, 3.63) is 60.2 Å². The molecular weight excluding hydrogens is 341 g/mol. The van der Waals surface area contributed by atoms with E-state index in [1.807, 2.05) is 12.1 Å². The first kappa shape index (κ1) is 17.1. The lowest BCUT2D eigenvalue weighted by Crippen LogP contribution is -2.27. The highest BCUT2D eigenvalue weighted by Gasteiger charge is 2.09. The number of benzene rings is 1. The van der Waals surface area contributed by atoms with Gasteiger partial charge in [-0.15, -0.1) is 5.10 Å². The Morgan fingerprint density at radius 3 is 2.80 bits per heavy atom. The number of rotatable bonds is 7. The smallest absolute Gasteiger partial charge is 0.230 e. The molecule has 0 atom stereocenters. The maximum Gasteiger partial charge on any atom is 0.230 e. The van der Waals surface area contributed by atoms with Crippen LogP contribution in [-0.4, -0.2) is 38.4 Å². The number of thioether (sulfide) groups is 1. The Hall–Kier alpha value is -2.74. The van der Waals surface area contributed by atoms with Gasteiger partial charge in [-0.1, -0.05) is 30.0 Å². The van der Waals surface area contributed by atoms with Gasteiger partial charge in [-0.25, -0.2) is 9.37 Å². The van der Waals surface area contributed by atoms with Crippen LogP contribution in [0, 0.1) is 5.82 Å². The molecule has 0 saturated carbocycles. The van der Waals surface area contributed by atoms with Crippen LogP contribution < -0.4 is 5.32 Å². The number of carbonyl (C=O) groups is 1. The summed E-state index contributed by atoms with van der Waals surface area (Å²) in [5.41, 5.74) is 1.47. The maximum atomic E-state index is 13.5. The number of aromatic nitrogens is 4. The number of carbonyl (C=O) groups excluding carboxylic acids is 1. The molecule has 0 fully saturated rings. The quantitative estimate of drug-likeness (QED) is 0.635. The first-order valence-electron chi connectivity index (χ1n) is 7.68. The normalized spacial score (nSPS) is 10.6. The summed E-state index contributed by atoms with van der Waals surface area (Å²) in [6, 6.07) is 10.2. The molecule has 0 unspecified atom stereocenters. The number of aromatic amines is 1. The van der Waals surface area contributed by atoms with E-state index in [0.29, 0.717) is 29.5 Å². The monoisotopic (exact) mass is 357 g/mol. The molecule has 3 aromatic rings. The Balaban J connectivity index is 1.44. The molecule has 0 saturated heterocycles. The van der Waals surface area contributed by atoms with Crippen LogP contribution in [0.2, 0.25) is 0 Å². The molecule has 2 heterocycles. The molecule has 1 aromatic carbocycles. The summed E-state index contributed by atoms with van der Waals surface area (Å²) in [5.74, 6) is 0.433. The second kappa shape index (κ2) is 8.39. The van der Waals surface area contributed by atoms with Crippen LogP contribution in [0.15, 0.2) is 53.9 Å². The highest BCUT2D eigenvalue weighted by atomic mass is 32.2. The molecule has 3 rings (SSSR count). The van der Waals surface area contributed by atoms with E-state index < -0.39 is 0 Å². The Morgan fingerprint density at radius 2 is 2.00 bits per heavy atom. The van der Waals surface area contributed by atoms with E-state index in [1.54, 1.807) is 30.6 Å². The molecule has 0 spiro atoms. The van der Waals surface area contributed by atoms with Crippen molar-refractivity contribution in [1.29, 1.82) is 0 Å². The lowest BCUT2D eigenvalue weighted by atomic mass is 10.1. The van der Waals surface area contributed by atoms with Gasteiger partial charge in [0.1, 0.15) is 5.82 Å². The summed E-state index contributed by atoms with van der Waals surface area (Å²) in [7, 11) is 0. The second-order valence-electron chi connectivity index (χ2n) is 5.18. The van der Waals surface area contributed by atoms with Crippen LogP contribution >= 0.6 is 11.8 Å². The summed E-state index contributed by atoms with van der Waals surface area (Å²) >= 11 is 1.24. The van der Waals surface area contributed by atoms with Crippen LogP contribution in [0.25, 0.3) is 11.4 Å². The van der Waals surface area contributed by atoms with Crippen LogP contribution in [0.1, 0.15) is 5.56 Å². The molecule has 128 valence electrons. The van der Waals surface area contributed by atoms with Crippen molar-refractivity contribution in [3.8, 4) is 11.4 Å². The first-order valence-corrected chi connectivity index (χ1v) is 8.66. The molecule has 2 N–H and O–H groups in total. The molecule has 1 amide bonds. The van der Waals surface area contributed by atoms with E-state index in [9.17, 15) is 9.18 Å². The lowest BCUT2D eigenvalue weighted by Gasteiger charge is -2.05. The fraction of sp³-hybridized carbons (Fsp3) is 0.176. The summed E-state index contributed by atoms with van der Waals surface area (Å²) < 4.78 is 13.5. The SMILES string of the molecule is O=C(CSc1n[nH]c(-c2ccncc2)n1)NCCc1ccccc1F. The third-order valence-electron chi connectivity index (χ3n) is 3.43. The molecular formula is C17H16FN5OS. The van der Waals surface area contributed by atoms with Gasteiger partial charge in [0.15, 0.2) is 5.82 Å². The maximum absolute atomic E-state index is 13.5. The number of hydrogen-bond donors (Lipinski definition) is 2. The predicted octanol–water partition coefficient (Wildman–Crippen LogP) is 2.46. The zero-order valence-electron chi connectivity index (χ0n) is 13.3. The van der Waals surface area contributed by atoms with Crippen molar-refractivity contribution in [2.75, 3.05) is 12.3 Å². The first-order chi connectivity index (χ1) is 12.2. The molecule has 6 nitrogen and oxygen atoms in total. The Labute approximate surface area is 148 Å². The molecule has 0 aliphatic rings. The van der Waals surface area contributed by atoms with Crippen molar-refractivity contribution in [2.24, 2.45) is 0 Å². The highest BCUT2D eigenvalue weighted by molar-refractivity contribution is 7.99. The average molecular weight is 357 g/mol. The number of hydrogen-bond acceptors (Lipinski definition) is 5. The van der Waals surface area contributed by atoms with Crippen LogP contribution in [0.3, 0.4) is 0 Å². The van der Waals surface area contributed by atoms with E-state index in [2.05, 4.69) is 25.5 Å². The standard InChI is InChI=1S/C17H16FN5OS/c18-14-4-2-1-3-12(14)7-10-20-15(24)11-25-17-21-16(22-23-17)13-5-8-19-9-6-13/h1-6,8-9H,7,10-11H2,(H,20,24)(H,21,22,23). The van der Waals surface area contributed by atoms with E-state index >= 15 is 0 Å². The zero-order chi connectivity index (χ0) is 17.5. The van der Waals surface area contributed by atoms with Gasteiger partial charge in [0.2, 0.25) is 11.1 Å². The highest BCUT2D eigenvalue weighted by Crippen LogP contribution is 2.18. The minimum Gasteiger partial charge on any atom is -0.355 e. The van der Waals surface area contributed by atoms with Crippen molar-refractivity contribution in [1.82, 2.24) is 25.5 Å². The van der Waals surface area contributed by atoms with E-state index in [-0.39, 0.29) is 17.5 Å². The largest absolute Gasteiger partial charge is 0.355 e. The number of nitrogens with one attached hydrogen (secondary N) is 2. The van der Waals surface area contributed by atoms with E-state index in [4.69, 9.17) is 0 Å². The van der Waals surface area contributed by atoms with E-state index in [1.165, 1.54) is 17.8 Å². The number of halogens is 1. The molecule has 0 bridgehead atoms. The van der Waals surface area contributed by atoms with Gasteiger partial charge in [0, 0.05) is 24.5 Å². The summed E-state index contributed by atoms with van der Waals surface area (Å²) in [6.45, 7) is 0.386. The van der Waals surface area contributed by atoms with Crippen LogP contribution in [-0.2, 0) is 11.2 Å². The Bertz CT molecular complexity index is 840. The number of nitrogens with zero attached hydrogens (tertiary/aromatic N) is 3. The number of amides is 1. The molecule has 0 aliphatic carbocycles. The van der Waals surface area contributed by atoms with Crippen molar-refractivity contribution >= 4 is 17.7 Å². The third kappa shape index (κ3) is 4.87. The van der Waals surface area contributed by atoms with Crippen LogP contribution in [0.5, 0.6) is 0 Å². The molecule has 25 heavy (non-hydrogen) atoms. The average Bonchev–Trinajstić information content (AvgIpc) is 3.11. The number of H-pyrrole nitrogens is 1. The minimum atomic E-state index is -0.254. The van der Waals surface area contributed by atoms with Gasteiger partial charge in [-0.3, -0.25) is 14.9 Å². The molecule has 0 radical (unpaired) electrons. The van der Waals surface area contributed by atoms with Crippen molar-refractivity contribution in [3.63, 3.8) is 0 Å². The predicted molar refractivity (Wildman–Crippen MR) is 93.5 cm³/mol. The minimum absolute atomic E-state index is 0.142. The van der Waals surface area contributed by atoms with Gasteiger partial charge in [0.05, 0.1) is 5.75 Å². The third-order valence-corrected chi connectivity index (χ3v) is 4.27. The molecule has 2 aromatic heterocycles. The Kier molecular flexibility index (Phi) is 5.73. The van der Waals surface area contributed by atoms with Gasteiger partial charge >= 0.3 is 0 Å². The zero-order valence-corrected chi connectivity index (χ0v) is 14.1.